The molecule has 1 aromatic heterocycles. The monoisotopic (exact) mass is 725 g/mol. The van der Waals surface area contributed by atoms with Crippen molar-refractivity contribution < 1.29 is 22.8 Å². The van der Waals surface area contributed by atoms with E-state index in [0.29, 0.717) is 62.7 Å². The Morgan fingerprint density at radius 1 is 1.02 bits per heavy atom. The molecule has 1 aliphatic carbocycles. The molecule has 0 unspecified atom stereocenters. The van der Waals surface area contributed by atoms with E-state index >= 15 is 0 Å². The third-order valence-electron chi connectivity index (χ3n) is 11.2. The molecule has 5 N–H and O–H groups in total. The van der Waals surface area contributed by atoms with E-state index in [1.807, 2.05) is 29.2 Å². The van der Waals surface area contributed by atoms with Crippen LogP contribution < -0.4 is 16.4 Å². The van der Waals surface area contributed by atoms with E-state index in [0.717, 1.165) is 17.5 Å². The molecule has 11 nitrogen and oxygen atoms in total. The van der Waals surface area contributed by atoms with Gasteiger partial charge >= 0.3 is 6.18 Å². The first-order valence-electron chi connectivity index (χ1n) is 17.7. The van der Waals surface area contributed by atoms with Gasteiger partial charge in [-0.05, 0) is 80.1 Å². The van der Waals surface area contributed by atoms with Crippen molar-refractivity contribution >= 4 is 46.6 Å². The molecule has 0 bridgehead atoms. The van der Waals surface area contributed by atoms with E-state index < -0.39 is 17.0 Å². The van der Waals surface area contributed by atoms with Gasteiger partial charge in [0.05, 0.1) is 23.4 Å². The van der Waals surface area contributed by atoms with Crippen LogP contribution in [-0.2, 0) is 15.0 Å². The molecule has 1 saturated carbocycles. The minimum Gasteiger partial charge on any atom is -0.398 e. The van der Waals surface area contributed by atoms with Crippen molar-refractivity contribution in [2.45, 2.75) is 43.7 Å². The molecule has 3 fully saturated rings. The first-order chi connectivity index (χ1) is 25.3. The molecule has 276 valence electrons. The first kappa shape index (κ1) is 36.0. The number of carbonyl (C=O) groups is 2. The molecule has 2 aromatic carbocycles. The van der Waals surface area contributed by atoms with Gasteiger partial charge < -0.3 is 21.3 Å². The number of pyridine rings is 1. The maximum absolute atomic E-state index is 14.0. The first-order valence-corrected chi connectivity index (χ1v) is 17.7. The Hall–Kier alpha value is -5.37. The van der Waals surface area contributed by atoms with Crippen LogP contribution in [0, 0.1) is 10.8 Å². The van der Waals surface area contributed by atoms with E-state index in [1.54, 1.807) is 30.1 Å². The maximum Gasteiger partial charge on any atom is 0.399 e. The van der Waals surface area contributed by atoms with Crippen molar-refractivity contribution in [1.29, 1.82) is 5.41 Å². The summed E-state index contributed by atoms with van der Waals surface area (Å²) in [5, 5.41) is 8.89. The Morgan fingerprint density at radius 3 is 2.45 bits per heavy atom. The molecule has 7 rings (SSSR count). The van der Waals surface area contributed by atoms with Gasteiger partial charge in [-0.2, -0.15) is 13.2 Å². The lowest BCUT2D eigenvalue weighted by Gasteiger charge is -2.29. The van der Waals surface area contributed by atoms with E-state index in [4.69, 9.17) is 16.9 Å². The van der Waals surface area contributed by atoms with E-state index in [9.17, 15) is 22.8 Å². The average molecular weight is 726 g/mol. The minimum atomic E-state index is -4.42. The van der Waals surface area contributed by atoms with Crippen LogP contribution in [-0.4, -0.2) is 97.0 Å². The molecule has 4 heterocycles. The molecule has 1 atom stereocenters. The molecule has 4 aliphatic rings. The zero-order valence-corrected chi connectivity index (χ0v) is 29.5. The number of nitrogens with zero attached hydrogens (tertiary/aromatic N) is 6. The number of amides is 2. The summed E-state index contributed by atoms with van der Waals surface area (Å²) < 4.78 is 41.4. The number of nitrogen functional groups attached to an aromatic ring is 1. The summed E-state index contributed by atoms with van der Waals surface area (Å²) in [4.78, 5) is 44.9. The number of nitrogens with two attached hydrogens (primary N) is 2. The normalized spacial score (nSPS) is 21.8. The van der Waals surface area contributed by atoms with Crippen LogP contribution in [0.1, 0.15) is 60.1 Å². The third kappa shape index (κ3) is 6.83. The number of nitrogens with one attached hydrogen (secondary N) is 1. The summed E-state index contributed by atoms with van der Waals surface area (Å²) >= 11 is 0. The number of rotatable bonds is 9. The number of benzene rings is 2. The molecule has 3 aromatic rings. The molecule has 2 amide bonds. The smallest absolute Gasteiger partial charge is 0.398 e. The van der Waals surface area contributed by atoms with Crippen LogP contribution in [0.25, 0.3) is 5.57 Å². The van der Waals surface area contributed by atoms with Gasteiger partial charge in [-0.15, -0.1) is 0 Å². The Kier molecular flexibility index (Phi) is 9.43. The van der Waals surface area contributed by atoms with Gasteiger partial charge in [-0.1, -0.05) is 30.3 Å². The predicted molar refractivity (Wildman–Crippen MR) is 199 cm³/mol. The molecule has 3 aliphatic heterocycles. The minimum absolute atomic E-state index is 0.0281. The van der Waals surface area contributed by atoms with E-state index in [-0.39, 0.29) is 53.9 Å². The van der Waals surface area contributed by atoms with Crippen LogP contribution in [0.15, 0.2) is 76.9 Å². The fraction of sp³-hybridized carbons (Fsp3) is 0.385. The number of carbonyl (C=O) groups excluding carboxylic acids is 2. The second kappa shape index (κ2) is 13.9. The van der Waals surface area contributed by atoms with Crippen LogP contribution in [0.4, 0.5) is 24.5 Å². The fourth-order valence-electron chi connectivity index (χ4n) is 7.78. The average Bonchev–Trinajstić information content (AvgIpc) is 3.82. The molecule has 53 heavy (non-hydrogen) atoms. The van der Waals surface area contributed by atoms with Gasteiger partial charge in [0.25, 0.3) is 0 Å². The number of halogens is 3. The lowest BCUT2D eigenvalue weighted by molar-refractivity contribution is -0.161. The van der Waals surface area contributed by atoms with Crippen LogP contribution in [0.5, 0.6) is 0 Å². The zero-order valence-electron chi connectivity index (χ0n) is 29.5. The second-order valence-electron chi connectivity index (χ2n) is 14.4. The third-order valence-corrected chi connectivity index (χ3v) is 11.2. The Bertz CT molecular complexity index is 2040. The number of aromatic nitrogens is 1. The van der Waals surface area contributed by atoms with E-state index in [1.165, 1.54) is 30.2 Å². The summed E-state index contributed by atoms with van der Waals surface area (Å²) in [5.74, 6) is 0.382. The van der Waals surface area contributed by atoms with Crippen molar-refractivity contribution in [3.63, 3.8) is 0 Å². The largest absolute Gasteiger partial charge is 0.399 e. The highest BCUT2D eigenvalue weighted by Gasteiger charge is 2.65. The second-order valence-corrected chi connectivity index (χ2v) is 14.4. The lowest BCUT2D eigenvalue weighted by Crippen LogP contribution is -2.43. The van der Waals surface area contributed by atoms with Gasteiger partial charge in [0.1, 0.15) is 17.6 Å². The number of amidine groups is 1. The number of aliphatic imine (C=N–C) groups is 2. The number of hydrogen-bond acceptors (Lipinski definition) is 7. The van der Waals surface area contributed by atoms with Crippen molar-refractivity contribution in [3.05, 3.63) is 94.8 Å². The Morgan fingerprint density at radius 2 is 1.77 bits per heavy atom. The standard InChI is InChI=1S/C39H42F3N9O2/c1-46-24-48-35(45)27-4-2-25(3-5-27)26-9-16-50(17-10-26)33(52)22-49-18-13-37(23-49)14-19-51(36(37)53)29-6-7-31(43)30(21-29)34(44)28-8-15-47-32(20-28)38(11-12-38)39(40,41)42/h2-9,15,20-21,24,44H,10-14,16-19,22-23,43H2,1H3,(H2,45,46,48)/t37-/m0/s1. The Labute approximate surface area is 305 Å². The quantitative estimate of drug-likeness (QED) is 0.164. The maximum atomic E-state index is 14.0. The number of hydrogen-bond donors (Lipinski definition) is 3. The SMILES string of the molecule is CN=CN=C(N)c1ccc(C2=CCN(C(=O)CN3CC[C@]4(CCN(c5ccc(N)c(C(=N)c6ccnc(C7(C(F)(F)F)CC7)c6)c5)C4=O)C3)CC2)cc1. The highest BCUT2D eigenvalue weighted by atomic mass is 19.4. The van der Waals surface area contributed by atoms with Crippen LogP contribution in [0.2, 0.25) is 0 Å². The summed E-state index contributed by atoms with van der Waals surface area (Å²) in [6.45, 7) is 2.93. The van der Waals surface area contributed by atoms with Gasteiger partial charge in [-0.3, -0.25) is 29.9 Å². The molecule has 1 spiro atoms. The van der Waals surface area contributed by atoms with Crippen LogP contribution >= 0.6 is 0 Å². The predicted octanol–water partition coefficient (Wildman–Crippen LogP) is 4.78. The highest BCUT2D eigenvalue weighted by molar-refractivity contribution is 6.15. The fourth-order valence-corrected chi connectivity index (χ4v) is 7.78. The Balaban J connectivity index is 0.970. The topological polar surface area (TPSA) is 157 Å². The number of anilines is 2. The van der Waals surface area contributed by atoms with Crippen LogP contribution in [0.3, 0.4) is 0 Å². The molecule has 2 saturated heterocycles. The summed E-state index contributed by atoms with van der Waals surface area (Å²) in [6, 6.07) is 15.7. The van der Waals surface area contributed by atoms with Crippen molar-refractivity contribution in [1.82, 2.24) is 14.8 Å². The highest BCUT2D eigenvalue weighted by Crippen LogP contribution is 2.58. The number of alkyl halides is 3. The van der Waals surface area contributed by atoms with Gasteiger partial charge in [-0.25, -0.2) is 4.99 Å². The van der Waals surface area contributed by atoms with Crippen molar-refractivity contribution in [2.24, 2.45) is 21.1 Å². The van der Waals surface area contributed by atoms with Crippen molar-refractivity contribution in [3.8, 4) is 0 Å². The van der Waals surface area contributed by atoms with Gasteiger partial charge in [0.2, 0.25) is 11.8 Å². The van der Waals surface area contributed by atoms with Gasteiger partial charge in [0.15, 0.2) is 0 Å². The molecule has 14 heteroatoms. The number of likely N-dealkylation sites (tertiary alicyclic amines) is 1. The van der Waals surface area contributed by atoms with Crippen molar-refractivity contribution in [2.75, 3.05) is 56.9 Å². The van der Waals surface area contributed by atoms with Gasteiger partial charge in [0, 0.05) is 67.5 Å². The summed E-state index contributed by atoms with van der Waals surface area (Å²) in [7, 11) is 1.63. The van der Waals surface area contributed by atoms with E-state index in [2.05, 4.69) is 25.9 Å². The summed E-state index contributed by atoms with van der Waals surface area (Å²) in [6.07, 6.45) is 2.30. The molecular weight excluding hydrogens is 683 g/mol. The molecular formula is C39H42F3N9O2. The lowest BCUT2D eigenvalue weighted by atomic mass is 9.85. The zero-order chi connectivity index (χ0) is 37.5. The summed E-state index contributed by atoms with van der Waals surface area (Å²) in [5.41, 5.74) is 14.1. The molecule has 0 radical (unpaired) electrons.